The molecule has 0 bridgehead atoms. The zero-order chi connectivity index (χ0) is 24.5. The molecule has 2 aromatic carbocycles. The molecular formula is C26H25ClN4O4. The van der Waals surface area contributed by atoms with Gasteiger partial charge in [0.25, 0.3) is 5.91 Å². The van der Waals surface area contributed by atoms with E-state index in [0.29, 0.717) is 53.6 Å². The van der Waals surface area contributed by atoms with E-state index >= 15 is 0 Å². The number of hydrogen-bond acceptors (Lipinski definition) is 5. The fraction of sp³-hybridized carbons (Fsp3) is 0.308. The molecule has 3 aromatic rings. The molecular weight excluding hydrogens is 468 g/mol. The molecule has 0 N–H and O–H groups in total. The van der Waals surface area contributed by atoms with Crippen LogP contribution in [0.25, 0.3) is 5.69 Å². The van der Waals surface area contributed by atoms with Crippen molar-refractivity contribution >= 4 is 40.8 Å². The number of amides is 2. The van der Waals surface area contributed by atoms with Crippen LogP contribution in [0.2, 0.25) is 5.02 Å². The number of para-hydroxylation sites is 1. The van der Waals surface area contributed by atoms with Gasteiger partial charge in [-0.15, -0.1) is 0 Å². The highest BCUT2D eigenvalue weighted by Gasteiger charge is 2.36. The Morgan fingerprint density at radius 3 is 2.37 bits per heavy atom. The van der Waals surface area contributed by atoms with Gasteiger partial charge in [0.15, 0.2) is 5.69 Å². The summed E-state index contributed by atoms with van der Waals surface area (Å²) >= 11 is 6.42. The number of benzene rings is 2. The molecule has 0 unspecified atom stereocenters. The average molecular weight is 493 g/mol. The summed E-state index contributed by atoms with van der Waals surface area (Å²) in [5, 5.41) is 4.88. The second-order valence-electron chi connectivity index (χ2n) is 8.49. The van der Waals surface area contributed by atoms with Gasteiger partial charge >= 0.3 is 5.97 Å². The molecule has 0 atom stereocenters. The Hall–Kier alpha value is -3.65. The summed E-state index contributed by atoms with van der Waals surface area (Å²) in [5.41, 5.74) is 3.03. The third kappa shape index (κ3) is 4.18. The number of piperidine rings is 1. The van der Waals surface area contributed by atoms with E-state index in [1.54, 1.807) is 41.0 Å². The zero-order valence-corrected chi connectivity index (χ0v) is 20.1. The van der Waals surface area contributed by atoms with E-state index in [2.05, 4.69) is 5.10 Å². The van der Waals surface area contributed by atoms with Crippen molar-refractivity contribution in [3.8, 4) is 5.69 Å². The van der Waals surface area contributed by atoms with Gasteiger partial charge in [0.2, 0.25) is 5.91 Å². The standard InChI is InChI=1S/C26H25ClN4O4/c1-2-35-26(34)23-19-14-16-30(18-12-10-17(11-13-18)29-15-6-5-9-22(29)32)25(33)24(19)31(28-23)21-8-4-3-7-20(21)27/h3-4,7-8,10-13H,2,5-6,9,14-16H2,1H3. The molecule has 2 aliphatic rings. The molecule has 0 aliphatic carbocycles. The van der Waals surface area contributed by atoms with Crippen molar-refractivity contribution in [2.45, 2.75) is 32.6 Å². The predicted molar refractivity (Wildman–Crippen MR) is 133 cm³/mol. The van der Waals surface area contributed by atoms with E-state index in [1.807, 2.05) is 24.3 Å². The van der Waals surface area contributed by atoms with Crippen molar-refractivity contribution in [3.05, 3.63) is 70.5 Å². The maximum absolute atomic E-state index is 13.8. The Morgan fingerprint density at radius 2 is 1.69 bits per heavy atom. The summed E-state index contributed by atoms with van der Waals surface area (Å²) in [4.78, 5) is 42.1. The van der Waals surface area contributed by atoms with Gasteiger partial charge in [-0.05, 0) is 62.6 Å². The highest BCUT2D eigenvalue weighted by atomic mass is 35.5. The number of carbonyl (C=O) groups excluding carboxylic acids is 3. The Kier molecular flexibility index (Phi) is 6.30. The van der Waals surface area contributed by atoms with Crippen molar-refractivity contribution < 1.29 is 19.1 Å². The Bertz CT molecular complexity index is 1300. The van der Waals surface area contributed by atoms with Gasteiger partial charge in [0.1, 0.15) is 5.69 Å². The van der Waals surface area contributed by atoms with Crippen molar-refractivity contribution in [3.63, 3.8) is 0 Å². The van der Waals surface area contributed by atoms with Crippen molar-refractivity contribution in [2.75, 3.05) is 29.5 Å². The van der Waals surface area contributed by atoms with Gasteiger partial charge in [-0.2, -0.15) is 5.10 Å². The first-order valence-electron chi connectivity index (χ1n) is 11.8. The number of hydrogen-bond donors (Lipinski definition) is 0. The van der Waals surface area contributed by atoms with Crippen LogP contribution in [-0.4, -0.2) is 47.3 Å². The molecule has 35 heavy (non-hydrogen) atoms. The Balaban J connectivity index is 1.52. The van der Waals surface area contributed by atoms with Crippen LogP contribution < -0.4 is 9.80 Å². The van der Waals surface area contributed by atoms with Crippen molar-refractivity contribution in [1.29, 1.82) is 0 Å². The number of fused-ring (bicyclic) bond motifs is 1. The predicted octanol–water partition coefficient (Wildman–Crippen LogP) is 4.42. The molecule has 0 saturated carbocycles. The van der Waals surface area contributed by atoms with Crippen LogP contribution in [-0.2, 0) is 16.0 Å². The van der Waals surface area contributed by atoms with Gasteiger partial charge in [-0.25, -0.2) is 9.48 Å². The summed E-state index contributed by atoms with van der Waals surface area (Å²) in [5.74, 6) is -0.722. The SMILES string of the molecule is CCOC(=O)c1nn(-c2ccccc2Cl)c2c1CCN(c1ccc(N3CCCCC3=O)cc1)C2=O. The fourth-order valence-electron chi connectivity index (χ4n) is 4.66. The van der Waals surface area contributed by atoms with Gasteiger partial charge in [-0.1, -0.05) is 23.7 Å². The van der Waals surface area contributed by atoms with E-state index < -0.39 is 5.97 Å². The molecule has 2 amide bonds. The lowest BCUT2D eigenvalue weighted by atomic mass is 10.0. The monoisotopic (exact) mass is 492 g/mol. The van der Waals surface area contributed by atoms with Crippen LogP contribution in [0.4, 0.5) is 11.4 Å². The lowest BCUT2D eigenvalue weighted by molar-refractivity contribution is -0.119. The number of nitrogens with zero attached hydrogens (tertiary/aromatic N) is 4. The number of esters is 1. The van der Waals surface area contributed by atoms with Gasteiger partial charge < -0.3 is 14.5 Å². The number of anilines is 2. The summed E-state index contributed by atoms with van der Waals surface area (Å²) < 4.78 is 6.64. The summed E-state index contributed by atoms with van der Waals surface area (Å²) in [7, 11) is 0. The minimum atomic E-state index is -0.564. The third-order valence-electron chi connectivity index (χ3n) is 6.36. The van der Waals surface area contributed by atoms with Crippen LogP contribution in [0.3, 0.4) is 0 Å². The number of carbonyl (C=O) groups is 3. The van der Waals surface area contributed by atoms with Crippen LogP contribution >= 0.6 is 11.6 Å². The Morgan fingerprint density at radius 1 is 0.971 bits per heavy atom. The van der Waals surface area contributed by atoms with Gasteiger partial charge in [0, 0.05) is 36.4 Å². The minimum absolute atomic E-state index is 0.123. The number of rotatable bonds is 5. The maximum atomic E-state index is 13.8. The smallest absolute Gasteiger partial charge is 0.359 e. The zero-order valence-electron chi connectivity index (χ0n) is 19.4. The molecule has 9 heteroatoms. The first-order chi connectivity index (χ1) is 17.0. The van der Waals surface area contributed by atoms with Crippen LogP contribution in [0, 0.1) is 0 Å². The summed E-state index contributed by atoms with van der Waals surface area (Å²) in [6.07, 6.45) is 2.90. The second-order valence-corrected chi connectivity index (χ2v) is 8.89. The van der Waals surface area contributed by atoms with E-state index in [1.165, 1.54) is 4.68 Å². The molecule has 0 radical (unpaired) electrons. The minimum Gasteiger partial charge on any atom is -0.461 e. The first-order valence-corrected chi connectivity index (χ1v) is 12.1. The van der Waals surface area contributed by atoms with Crippen LogP contribution in [0.1, 0.15) is 52.7 Å². The Labute approximate surface area is 208 Å². The van der Waals surface area contributed by atoms with E-state index in [9.17, 15) is 14.4 Å². The normalized spacial score (nSPS) is 15.8. The van der Waals surface area contributed by atoms with E-state index in [-0.39, 0.29) is 24.1 Å². The first kappa shape index (κ1) is 23.1. The lowest BCUT2D eigenvalue weighted by Crippen LogP contribution is -2.39. The molecule has 5 rings (SSSR count). The molecule has 1 fully saturated rings. The average Bonchev–Trinajstić information content (AvgIpc) is 3.26. The highest BCUT2D eigenvalue weighted by Crippen LogP contribution is 2.32. The quantitative estimate of drug-likeness (QED) is 0.492. The fourth-order valence-corrected chi connectivity index (χ4v) is 4.87. The maximum Gasteiger partial charge on any atom is 0.359 e. The summed E-state index contributed by atoms with van der Waals surface area (Å²) in [6.45, 7) is 3.02. The highest BCUT2D eigenvalue weighted by molar-refractivity contribution is 6.32. The molecule has 2 aliphatic heterocycles. The molecule has 1 aromatic heterocycles. The number of halogens is 1. The topological polar surface area (TPSA) is 84.7 Å². The van der Waals surface area contributed by atoms with Crippen molar-refractivity contribution in [1.82, 2.24) is 9.78 Å². The van der Waals surface area contributed by atoms with Crippen LogP contribution in [0.15, 0.2) is 48.5 Å². The number of ether oxygens (including phenoxy) is 1. The van der Waals surface area contributed by atoms with Gasteiger partial charge in [-0.3, -0.25) is 9.59 Å². The van der Waals surface area contributed by atoms with Gasteiger partial charge in [0.05, 0.1) is 17.3 Å². The summed E-state index contributed by atoms with van der Waals surface area (Å²) in [6, 6.07) is 14.5. The van der Waals surface area contributed by atoms with Crippen LogP contribution in [0.5, 0.6) is 0 Å². The molecule has 8 nitrogen and oxygen atoms in total. The molecule has 1 saturated heterocycles. The third-order valence-corrected chi connectivity index (χ3v) is 6.68. The molecule has 180 valence electrons. The van der Waals surface area contributed by atoms with Crippen molar-refractivity contribution in [2.24, 2.45) is 0 Å². The number of aromatic nitrogens is 2. The van der Waals surface area contributed by atoms with E-state index in [0.717, 1.165) is 18.5 Å². The molecule has 0 spiro atoms. The second kappa shape index (κ2) is 9.54. The largest absolute Gasteiger partial charge is 0.461 e. The molecule has 3 heterocycles. The van der Waals surface area contributed by atoms with E-state index in [4.69, 9.17) is 16.3 Å². The lowest BCUT2D eigenvalue weighted by Gasteiger charge is -2.29.